The number of aliphatic hydroxyl groups is 1. The monoisotopic (exact) mass is 1300 g/mol. The third-order valence-electron chi connectivity index (χ3n) is 16.0. The van der Waals surface area contributed by atoms with Gasteiger partial charge in [0.1, 0.15) is 19.3 Å². The van der Waals surface area contributed by atoms with Crippen LogP contribution in [0, 0.1) is 11.8 Å². The highest BCUT2D eigenvalue weighted by atomic mass is 31.2. The van der Waals surface area contributed by atoms with Crippen molar-refractivity contribution in [3.8, 4) is 0 Å². The van der Waals surface area contributed by atoms with Crippen molar-refractivity contribution in [2.45, 2.75) is 368 Å². The first-order valence-electron chi connectivity index (χ1n) is 36.0. The quantitative estimate of drug-likeness (QED) is 0.0222. The van der Waals surface area contributed by atoms with E-state index >= 15 is 0 Å². The van der Waals surface area contributed by atoms with Crippen molar-refractivity contribution >= 4 is 39.5 Å². The zero-order valence-electron chi connectivity index (χ0n) is 57.0. The maximum absolute atomic E-state index is 13.0. The molecule has 0 aromatic heterocycles. The molecule has 0 radical (unpaired) electrons. The van der Waals surface area contributed by atoms with Gasteiger partial charge in [-0.2, -0.15) is 0 Å². The van der Waals surface area contributed by atoms with Gasteiger partial charge in [-0.15, -0.1) is 0 Å². The van der Waals surface area contributed by atoms with E-state index in [1.165, 1.54) is 167 Å². The Morgan fingerprint density at radius 1 is 0.307 bits per heavy atom. The number of hydrogen-bond donors (Lipinski definition) is 3. The van der Waals surface area contributed by atoms with Gasteiger partial charge in [-0.25, -0.2) is 9.13 Å². The van der Waals surface area contributed by atoms with Crippen molar-refractivity contribution in [3.63, 3.8) is 0 Å². The molecule has 522 valence electrons. The van der Waals surface area contributed by atoms with E-state index in [1.807, 2.05) is 0 Å². The normalized spacial score (nSPS) is 14.2. The van der Waals surface area contributed by atoms with E-state index in [0.29, 0.717) is 31.6 Å². The number of rotatable bonds is 68. The molecule has 0 spiro atoms. The Labute approximate surface area is 537 Å². The molecule has 0 aromatic rings. The van der Waals surface area contributed by atoms with Crippen LogP contribution in [0.3, 0.4) is 0 Å². The van der Waals surface area contributed by atoms with Crippen LogP contribution in [0.2, 0.25) is 0 Å². The first-order valence-corrected chi connectivity index (χ1v) is 39.0. The summed E-state index contributed by atoms with van der Waals surface area (Å²) in [5, 5.41) is 10.6. The van der Waals surface area contributed by atoms with Crippen molar-refractivity contribution in [1.29, 1.82) is 0 Å². The van der Waals surface area contributed by atoms with E-state index in [1.54, 1.807) is 0 Å². The summed E-state index contributed by atoms with van der Waals surface area (Å²) in [6.45, 7) is 9.45. The lowest BCUT2D eigenvalue weighted by molar-refractivity contribution is -0.161. The highest BCUT2D eigenvalue weighted by Crippen LogP contribution is 2.45. The summed E-state index contributed by atoms with van der Waals surface area (Å²) in [6.07, 6.45) is 45.9. The molecule has 0 bridgehead atoms. The van der Waals surface area contributed by atoms with Gasteiger partial charge >= 0.3 is 39.5 Å². The van der Waals surface area contributed by atoms with Crippen LogP contribution in [-0.4, -0.2) is 96.7 Å². The summed E-state index contributed by atoms with van der Waals surface area (Å²) in [5.74, 6) is -0.688. The van der Waals surface area contributed by atoms with E-state index in [2.05, 4.69) is 41.5 Å². The zero-order valence-corrected chi connectivity index (χ0v) is 58.8. The van der Waals surface area contributed by atoms with Gasteiger partial charge in [0.25, 0.3) is 0 Å². The minimum Gasteiger partial charge on any atom is -0.462 e. The minimum atomic E-state index is -4.95. The smallest absolute Gasteiger partial charge is 0.462 e. The molecule has 5 atom stereocenters. The predicted octanol–water partition coefficient (Wildman–Crippen LogP) is 19.6. The Balaban J connectivity index is 5.23. The fourth-order valence-electron chi connectivity index (χ4n) is 10.4. The highest BCUT2D eigenvalue weighted by Gasteiger charge is 2.30. The van der Waals surface area contributed by atoms with Gasteiger partial charge in [-0.1, -0.05) is 298 Å². The summed E-state index contributed by atoms with van der Waals surface area (Å²) in [5.41, 5.74) is 0. The lowest BCUT2D eigenvalue weighted by atomic mass is 10.0. The van der Waals surface area contributed by atoms with E-state index in [-0.39, 0.29) is 25.7 Å². The number of phosphoric ester groups is 2. The average Bonchev–Trinajstić information content (AvgIpc) is 3.68. The van der Waals surface area contributed by atoms with Crippen molar-refractivity contribution in [3.05, 3.63) is 0 Å². The number of carbonyl (C=O) groups is 4. The van der Waals surface area contributed by atoms with Gasteiger partial charge in [0.05, 0.1) is 26.4 Å². The third-order valence-corrected chi connectivity index (χ3v) is 17.9. The lowest BCUT2D eigenvalue weighted by Gasteiger charge is -2.21. The second-order valence-electron chi connectivity index (χ2n) is 25.9. The average molecular weight is 1300 g/mol. The second-order valence-corrected chi connectivity index (χ2v) is 28.8. The SMILES string of the molecule is CCCCCCCCCCCCCCCCCCC(=O)O[C@H](COC(=O)CCCCCCCCCCCC(C)C)COP(=O)(O)OC[C@@H](O)COP(=O)(O)OC[C@@H](COC(=O)CCCCCCCCCCCC)OC(=O)CCCCCCCCCC(C)C. The number of hydrogen-bond acceptors (Lipinski definition) is 15. The number of aliphatic hydroxyl groups excluding tert-OH is 1. The number of esters is 4. The molecule has 0 fully saturated rings. The number of carbonyl (C=O) groups excluding carboxylic acids is 4. The van der Waals surface area contributed by atoms with Crippen LogP contribution in [0.5, 0.6) is 0 Å². The van der Waals surface area contributed by atoms with Crippen molar-refractivity contribution in [2.75, 3.05) is 39.6 Å². The molecule has 88 heavy (non-hydrogen) atoms. The lowest BCUT2D eigenvalue weighted by Crippen LogP contribution is -2.30. The predicted molar refractivity (Wildman–Crippen MR) is 354 cm³/mol. The molecule has 0 aliphatic rings. The molecule has 0 saturated heterocycles. The van der Waals surface area contributed by atoms with Gasteiger partial charge in [-0.3, -0.25) is 37.3 Å². The molecule has 0 rings (SSSR count). The molecule has 0 aromatic carbocycles. The topological polar surface area (TPSA) is 237 Å². The maximum atomic E-state index is 13.0. The fraction of sp³-hybridized carbons (Fsp3) is 0.942. The Hall–Kier alpha value is -1.94. The van der Waals surface area contributed by atoms with Gasteiger partial charge in [0, 0.05) is 25.7 Å². The summed E-state index contributed by atoms with van der Waals surface area (Å²) in [4.78, 5) is 72.4. The molecule has 0 aliphatic heterocycles. The molecule has 19 heteroatoms. The first-order chi connectivity index (χ1) is 42.4. The molecule has 0 heterocycles. The van der Waals surface area contributed by atoms with E-state index in [9.17, 15) is 43.2 Å². The van der Waals surface area contributed by atoms with Gasteiger partial charge in [-0.05, 0) is 37.5 Å². The molecule has 3 N–H and O–H groups in total. The Morgan fingerprint density at radius 3 is 0.773 bits per heavy atom. The Morgan fingerprint density at radius 2 is 0.523 bits per heavy atom. The van der Waals surface area contributed by atoms with Crippen LogP contribution in [0.4, 0.5) is 0 Å². The molecule has 0 amide bonds. The third kappa shape index (κ3) is 62.8. The maximum Gasteiger partial charge on any atom is 0.472 e. The molecule has 2 unspecified atom stereocenters. The van der Waals surface area contributed by atoms with E-state index in [0.717, 1.165) is 95.8 Å². The van der Waals surface area contributed by atoms with Gasteiger partial charge in [0.15, 0.2) is 12.2 Å². The second kappa shape index (κ2) is 61.3. The Kier molecular flexibility index (Phi) is 59.9. The molecule has 17 nitrogen and oxygen atoms in total. The summed E-state index contributed by atoms with van der Waals surface area (Å²) < 4.78 is 68.2. The van der Waals surface area contributed by atoms with Crippen LogP contribution >= 0.6 is 15.6 Å². The minimum absolute atomic E-state index is 0.104. The van der Waals surface area contributed by atoms with E-state index < -0.39 is 97.5 Å². The fourth-order valence-corrected chi connectivity index (χ4v) is 12.0. The van der Waals surface area contributed by atoms with E-state index in [4.69, 9.17) is 37.0 Å². The van der Waals surface area contributed by atoms with Crippen LogP contribution in [0.25, 0.3) is 0 Å². The molecular weight excluding hydrogens is 1160 g/mol. The summed E-state index contributed by atoms with van der Waals surface area (Å²) in [6, 6.07) is 0. The van der Waals surface area contributed by atoms with Gasteiger partial charge in [0.2, 0.25) is 0 Å². The summed E-state index contributed by atoms with van der Waals surface area (Å²) in [7, 11) is -9.90. The number of ether oxygens (including phenoxy) is 4. The van der Waals surface area contributed by atoms with Crippen molar-refractivity contribution in [1.82, 2.24) is 0 Å². The van der Waals surface area contributed by atoms with Crippen LogP contribution in [0.15, 0.2) is 0 Å². The first kappa shape index (κ1) is 86.1. The zero-order chi connectivity index (χ0) is 65.0. The Bertz CT molecular complexity index is 1720. The van der Waals surface area contributed by atoms with Crippen molar-refractivity contribution < 1.29 is 80.2 Å². The highest BCUT2D eigenvalue weighted by molar-refractivity contribution is 7.47. The van der Waals surface area contributed by atoms with Gasteiger partial charge < -0.3 is 33.8 Å². The standard InChI is InChI=1S/C69H134O17P2/c1-7-9-11-13-15-17-19-20-21-22-23-24-28-35-41-47-53-68(73)85-64(57-80-67(72)52-46-40-34-29-25-26-31-37-43-49-61(3)4)59-83-87(75,76)81-55-63(70)56-82-88(77,78)84-60-65(86-69(74)54-48-42-36-30-32-38-44-50-62(5)6)58-79-66(71)51-45-39-33-27-18-16-14-12-10-8-2/h61-65,70H,7-60H2,1-6H3,(H,75,76)(H,77,78)/t63-,64-,65-/m1/s1. The van der Waals surface area contributed by atoms with Crippen LogP contribution < -0.4 is 0 Å². The molecular formula is C69H134O17P2. The molecule has 0 saturated carbocycles. The number of unbranched alkanes of at least 4 members (excludes halogenated alkanes) is 38. The summed E-state index contributed by atoms with van der Waals surface area (Å²) >= 11 is 0. The largest absolute Gasteiger partial charge is 0.472 e. The van der Waals surface area contributed by atoms with Crippen LogP contribution in [-0.2, 0) is 65.4 Å². The number of phosphoric acid groups is 2. The van der Waals surface area contributed by atoms with Crippen molar-refractivity contribution in [2.24, 2.45) is 11.8 Å². The van der Waals surface area contributed by atoms with Crippen LogP contribution in [0.1, 0.15) is 350 Å². The molecule has 0 aliphatic carbocycles.